The van der Waals surface area contributed by atoms with E-state index < -0.39 is 27.7 Å². The molecule has 0 fully saturated rings. The van der Waals surface area contributed by atoms with E-state index in [1.807, 2.05) is 0 Å². The first-order valence-electron chi connectivity index (χ1n) is 8.12. The molecular weight excluding hydrogens is 415 g/mol. The van der Waals surface area contributed by atoms with Crippen LogP contribution in [0.4, 0.5) is 13.2 Å². The summed E-state index contributed by atoms with van der Waals surface area (Å²) in [6.07, 6.45) is -3.42. The summed E-state index contributed by atoms with van der Waals surface area (Å²) in [4.78, 5) is 11.7. The number of ether oxygens (including phenoxy) is 1. The second-order valence-electron chi connectivity index (χ2n) is 5.67. The number of rotatable bonds is 7. The van der Waals surface area contributed by atoms with Crippen LogP contribution in [0.25, 0.3) is 11.5 Å². The Balaban J connectivity index is 1.65. The van der Waals surface area contributed by atoms with Crippen LogP contribution >= 0.6 is 0 Å². The van der Waals surface area contributed by atoms with E-state index in [9.17, 15) is 26.4 Å². The van der Waals surface area contributed by atoms with Crippen molar-refractivity contribution in [3.05, 3.63) is 65.1 Å². The molecule has 0 saturated carbocycles. The Morgan fingerprint density at radius 1 is 1.10 bits per heavy atom. The van der Waals surface area contributed by atoms with Crippen LogP contribution in [0.5, 0.6) is 5.75 Å². The average molecular weight is 429 g/mol. The molecule has 3 rings (SSSR count). The van der Waals surface area contributed by atoms with Crippen molar-refractivity contribution in [2.45, 2.75) is 17.8 Å². The summed E-state index contributed by atoms with van der Waals surface area (Å²) in [5.41, 5.74) is -0.0362. The first kappa shape index (κ1) is 20.6. The predicted molar refractivity (Wildman–Crippen MR) is 94.5 cm³/mol. The third kappa shape index (κ3) is 5.45. The van der Waals surface area contributed by atoms with Gasteiger partial charge in [0.2, 0.25) is 10.0 Å². The van der Waals surface area contributed by atoms with Crippen LogP contribution in [-0.2, 0) is 16.6 Å². The second kappa shape index (κ2) is 8.09. The predicted octanol–water partition coefficient (Wildman–Crippen LogP) is 2.38. The van der Waals surface area contributed by atoms with Crippen molar-refractivity contribution in [3.8, 4) is 17.2 Å². The zero-order valence-corrected chi connectivity index (χ0v) is 15.4. The van der Waals surface area contributed by atoms with Crippen LogP contribution < -0.4 is 15.0 Å². The standard InChI is InChI=1S/C17H14F3N3O5S/c18-17(19,20)28-12-3-5-13(6-4-12)29(25,26)21-9-10-23-16(24)8-7-14(22-23)15-2-1-11-27-15/h1-8,11,21H,9-10H2. The highest BCUT2D eigenvalue weighted by Gasteiger charge is 2.31. The van der Waals surface area contributed by atoms with Gasteiger partial charge in [-0.1, -0.05) is 0 Å². The highest BCUT2D eigenvalue weighted by molar-refractivity contribution is 7.89. The van der Waals surface area contributed by atoms with E-state index >= 15 is 0 Å². The number of alkyl halides is 3. The van der Waals surface area contributed by atoms with Gasteiger partial charge < -0.3 is 9.15 Å². The Bertz CT molecular complexity index is 1120. The van der Waals surface area contributed by atoms with Crippen molar-refractivity contribution < 1.29 is 30.7 Å². The topological polar surface area (TPSA) is 103 Å². The van der Waals surface area contributed by atoms with E-state index in [0.717, 1.165) is 28.9 Å². The number of aromatic nitrogens is 2. The van der Waals surface area contributed by atoms with Crippen LogP contribution in [0, 0.1) is 0 Å². The molecule has 0 unspecified atom stereocenters. The van der Waals surface area contributed by atoms with Gasteiger partial charge in [0, 0.05) is 12.6 Å². The first-order chi connectivity index (χ1) is 13.6. The Morgan fingerprint density at radius 3 is 2.45 bits per heavy atom. The van der Waals surface area contributed by atoms with Crippen LogP contribution in [0.2, 0.25) is 0 Å². The van der Waals surface area contributed by atoms with E-state index in [1.165, 1.54) is 18.4 Å². The molecule has 0 amide bonds. The lowest BCUT2D eigenvalue weighted by Crippen LogP contribution is -2.32. The average Bonchev–Trinajstić information content (AvgIpc) is 3.17. The van der Waals surface area contributed by atoms with Crippen molar-refractivity contribution >= 4 is 10.0 Å². The molecule has 2 aromatic heterocycles. The normalized spacial score (nSPS) is 12.1. The lowest BCUT2D eigenvalue weighted by Gasteiger charge is -2.10. The van der Waals surface area contributed by atoms with E-state index in [4.69, 9.17) is 4.42 Å². The monoisotopic (exact) mass is 429 g/mol. The zero-order chi connectivity index (χ0) is 21.1. The molecule has 8 nitrogen and oxygen atoms in total. The minimum atomic E-state index is -4.87. The smallest absolute Gasteiger partial charge is 0.463 e. The summed E-state index contributed by atoms with van der Waals surface area (Å²) in [7, 11) is -4.01. The summed E-state index contributed by atoms with van der Waals surface area (Å²) in [5, 5.41) is 4.11. The molecule has 3 aromatic rings. The number of halogens is 3. The van der Waals surface area contributed by atoms with Crippen LogP contribution in [0.15, 0.2) is 68.9 Å². The van der Waals surface area contributed by atoms with Gasteiger partial charge in [-0.25, -0.2) is 17.8 Å². The second-order valence-corrected chi connectivity index (χ2v) is 7.44. The van der Waals surface area contributed by atoms with Gasteiger partial charge in [-0.15, -0.1) is 13.2 Å². The van der Waals surface area contributed by atoms with Gasteiger partial charge in [0.25, 0.3) is 5.56 Å². The number of sulfonamides is 1. The van der Waals surface area contributed by atoms with Crippen molar-refractivity contribution in [1.29, 1.82) is 0 Å². The van der Waals surface area contributed by atoms with Crippen LogP contribution in [0.1, 0.15) is 0 Å². The number of benzene rings is 1. The Hall–Kier alpha value is -3.12. The Morgan fingerprint density at radius 2 is 1.83 bits per heavy atom. The number of nitrogens with one attached hydrogen (secondary N) is 1. The van der Waals surface area contributed by atoms with Crippen LogP contribution in [0.3, 0.4) is 0 Å². The van der Waals surface area contributed by atoms with E-state index in [1.54, 1.807) is 12.1 Å². The third-order valence-electron chi connectivity index (χ3n) is 3.62. The van der Waals surface area contributed by atoms with Gasteiger partial charge in [-0.3, -0.25) is 4.79 Å². The first-order valence-corrected chi connectivity index (χ1v) is 9.60. The highest BCUT2D eigenvalue weighted by Crippen LogP contribution is 2.23. The molecule has 0 radical (unpaired) electrons. The molecule has 0 bridgehead atoms. The molecule has 0 aliphatic rings. The quantitative estimate of drug-likeness (QED) is 0.619. The number of hydrogen-bond donors (Lipinski definition) is 1. The van der Waals surface area contributed by atoms with Gasteiger partial charge in [-0.2, -0.15) is 5.10 Å². The summed E-state index contributed by atoms with van der Waals surface area (Å²) < 4.78 is 73.2. The molecule has 0 aliphatic heterocycles. The molecule has 29 heavy (non-hydrogen) atoms. The van der Waals surface area contributed by atoms with Gasteiger partial charge in [0.1, 0.15) is 11.4 Å². The van der Waals surface area contributed by atoms with Gasteiger partial charge in [-0.05, 0) is 42.5 Å². The molecule has 1 aromatic carbocycles. The van der Waals surface area contributed by atoms with E-state index in [2.05, 4.69) is 14.6 Å². The number of hydrogen-bond acceptors (Lipinski definition) is 6. The minimum absolute atomic E-state index is 0.0676. The molecule has 0 aliphatic carbocycles. The Kier molecular flexibility index (Phi) is 5.75. The lowest BCUT2D eigenvalue weighted by atomic mass is 10.3. The number of nitrogens with zero attached hydrogens (tertiary/aromatic N) is 2. The highest BCUT2D eigenvalue weighted by atomic mass is 32.2. The van der Waals surface area contributed by atoms with Crippen LogP contribution in [-0.4, -0.2) is 31.1 Å². The molecule has 2 heterocycles. The van der Waals surface area contributed by atoms with Gasteiger partial charge in [0.05, 0.1) is 17.7 Å². The maximum absolute atomic E-state index is 12.3. The summed E-state index contributed by atoms with van der Waals surface area (Å²) in [6, 6.07) is 9.81. The molecule has 0 spiro atoms. The fourth-order valence-electron chi connectivity index (χ4n) is 2.35. The fraction of sp³-hybridized carbons (Fsp3) is 0.176. The van der Waals surface area contributed by atoms with Gasteiger partial charge >= 0.3 is 6.36 Å². The molecule has 0 atom stereocenters. The summed E-state index contributed by atoms with van der Waals surface area (Å²) in [6.45, 7) is -0.237. The summed E-state index contributed by atoms with van der Waals surface area (Å²) >= 11 is 0. The fourth-order valence-corrected chi connectivity index (χ4v) is 3.38. The maximum Gasteiger partial charge on any atom is 0.573 e. The van der Waals surface area contributed by atoms with Crippen molar-refractivity contribution in [2.75, 3.05) is 6.54 Å². The van der Waals surface area contributed by atoms with Crippen molar-refractivity contribution in [2.24, 2.45) is 0 Å². The molecular formula is C17H14F3N3O5S. The zero-order valence-electron chi connectivity index (χ0n) is 14.6. The largest absolute Gasteiger partial charge is 0.573 e. The molecule has 0 saturated heterocycles. The molecule has 154 valence electrons. The molecule has 1 N–H and O–H groups in total. The minimum Gasteiger partial charge on any atom is -0.463 e. The maximum atomic E-state index is 12.3. The summed E-state index contributed by atoms with van der Waals surface area (Å²) in [5.74, 6) is -0.0950. The third-order valence-corrected chi connectivity index (χ3v) is 5.10. The molecule has 12 heteroatoms. The van der Waals surface area contributed by atoms with E-state index in [0.29, 0.717) is 11.5 Å². The van der Waals surface area contributed by atoms with Crippen molar-refractivity contribution in [3.63, 3.8) is 0 Å². The Labute approximate surface area is 162 Å². The van der Waals surface area contributed by atoms with E-state index in [-0.39, 0.29) is 18.0 Å². The lowest BCUT2D eigenvalue weighted by molar-refractivity contribution is -0.274. The SMILES string of the molecule is O=c1ccc(-c2ccco2)nn1CCNS(=O)(=O)c1ccc(OC(F)(F)F)cc1. The van der Waals surface area contributed by atoms with Crippen molar-refractivity contribution in [1.82, 2.24) is 14.5 Å². The number of furan rings is 1. The van der Waals surface area contributed by atoms with Gasteiger partial charge in [0.15, 0.2) is 5.76 Å².